The van der Waals surface area contributed by atoms with Crippen LogP contribution in [0, 0.1) is 5.41 Å². The molecular weight excluding hydrogens is 256 g/mol. The van der Waals surface area contributed by atoms with Gasteiger partial charge in [0, 0.05) is 25.0 Å². The second-order valence-electron chi connectivity index (χ2n) is 6.40. The molecule has 1 heterocycles. The molecule has 1 aliphatic heterocycles. The van der Waals surface area contributed by atoms with Crippen molar-refractivity contribution in [3.63, 3.8) is 0 Å². The molecule has 112 valence electrons. The molecule has 1 aliphatic rings. The Morgan fingerprint density at radius 1 is 1.32 bits per heavy atom. The minimum Gasteiger partial charge on any atom is -0.381 e. The normalized spacial score (nSPS) is 19.6. The fraction of sp³-hybridized carbons (Fsp3) is 0.933. The van der Waals surface area contributed by atoms with E-state index in [0.717, 1.165) is 37.9 Å². The maximum atomic E-state index is 5.54. The van der Waals surface area contributed by atoms with Crippen molar-refractivity contribution < 1.29 is 4.74 Å². The highest BCUT2D eigenvalue weighted by atomic mass is 32.2. The Morgan fingerprint density at radius 2 is 2.05 bits per heavy atom. The Morgan fingerprint density at radius 3 is 2.74 bits per heavy atom. The topological polar surface area (TPSA) is 33.6 Å². The van der Waals surface area contributed by atoms with Crippen molar-refractivity contribution in [2.75, 3.05) is 26.3 Å². The highest BCUT2D eigenvalue weighted by Gasteiger charge is 2.24. The molecule has 1 unspecified atom stereocenters. The van der Waals surface area contributed by atoms with E-state index >= 15 is 0 Å². The van der Waals surface area contributed by atoms with Crippen molar-refractivity contribution in [3.8, 4) is 0 Å². The first kappa shape index (κ1) is 16.8. The van der Waals surface area contributed by atoms with E-state index in [0.29, 0.717) is 10.7 Å². The SMILES string of the molecule is CCCCOCCCNC1=NCC(CC(C)(C)C)S1. The predicted octanol–water partition coefficient (Wildman–Crippen LogP) is 3.69. The molecule has 19 heavy (non-hydrogen) atoms. The van der Waals surface area contributed by atoms with E-state index in [1.165, 1.54) is 19.3 Å². The molecule has 1 atom stereocenters. The van der Waals surface area contributed by atoms with Gasteiger partial charge in [-0.25, -0.2) is 0 Å². The number of rotatable bonds is 8. The Hall–Kier alpha value is -0.220. The van der Waals surface area contributed by atoms with Gasteiger partial charge < -0.3 is 10.1 Å². The molecule has 0 fully saturated rings. The van der Waals surface area contributed by atoms with Crippen LogP contribution in [-0.4, -0.2) is 36.7 Å². The first-order valence-corrected chi connectivity index (χ1v) is 8.42. The van der Waals surface area contributed by atoms with E-state index in [-0.39, 0.29) is 0 Å². The molecule has 4 heteroatoms. The second kappa shape index (κ2) is 8.85. The van der Waals surface area contributed by atoms with Crippen LogP contribution in [0.5, 0.6) is 0 Å². The first-order chi connectivity index (χ1) is 9.01. The average Bonchev–Trinajstić information content (AvgIpc) is 2.73. The van der Waals surface area contributed by atoms with Gasteiger partial charge in [0.25, 0.3) is 0 Å². The maximum Gasteiger partial charge on any atom is 0.156 e. The van der Waals surface area contributed by atoms with Crippen molar-refractivity contribution in [2.24, 2.45) is 10.4 Å². The first-order valence-electron chi connectivity index (χ1n) is 7.54. The summed E-state index contributed by atoms with van der Waals surface area (Å²) in [5.41, 5.74) is 0.399. The van der Waals surface area contributed by atoms with Crippen molar-refractivity contribution in [1.82, 2.24) is 5.32 Å². The molecule has 3 nitrogen and oxygen atoms in total. The van der Waals surface area contributed by atoms with Crippen molar-refractivity contribution in [3.05, 3.63) is 0 Å². The number of nitrogens with zero attached hydrogens (tertiary/aromatic N) is 1. The highest BCUT2D eigenvalue weighted by molar-refractivity contribution is 8.14. The number of thioether (sulfide) groups is 1. The molecular formula is C15H30N2OS. The number of aliphatic imine (C=N–C) groups is 1. The molecule has 0 amide bonds. The lowest BCUT2D eigenvalue weighted by Crippen LogP contribution is -2.22. The third-order valence-electron chi connectivity index (χ3n) is 2.94. The van der Waals surface area contributed by atoms with Crippen LogP contribution in [0.4, 0.5) is 0 Å². The van der Waals surface area contributed by atoms with Crippen LogP contribution < -0.4 is 5.32 Å². The zero-order valence-corrected chi connectivity index (χ0v) is 13.8. The van der Waals surface area contributed by atoms with E-state index in [1.807, 2.05) is 11.8 Å². The lowest BCUT2D eigenvalue weighted by Gasteiger charge is -2.21. The molecule has 0 aromatic rings. The van der Waals surface area contributed by atoms with Gasteiger partial charge in [-0.15, -0.1) is 0 Å². The molecule has 0 radical (unpaired) electrons. The summed E-state index contributed by atoms with van der Waals surface area (Å²) in [4.78, 5) is 4.58. The number of hydrogen-bond acceptors (Lipinski definition) is 4. The van der Waals surface area contributed by atoms with Crippen LogP contribution in [0.3, 0.4) is 0 Å². The van der Waals surface area contributed by atoms with E-state index in [9.17, 15) is 0 Å². The van der Waals surface area contributed by atoms with E-state index in [4.69, 9.17) is 4.74 Å². The van der Waals surface area contributed by atoms with Crippen LogP contribution in [0.2, 0.25) is 0 Å². The lowest BCUT2D eigenvalue weighted by atomic mass is 9.90. The van der Waals surface area contributed by atoms with Gasteiger partial charge in [-0.05, 0) is 24.7 Å². The standard InChI is InChI=1S/C15H30N2OS/c1-5-6-9-18-10-7-8-16-14-17-12-13(19-14)11-15(2,3)4/h13H,5-12H2,1-4H3,(H,16,17). The van der Waals surface area contributed by atoms with Crippen molar-refractivity contribution in [1.29, 1.82) is 0 Å². The van der Waals surface area contributed by atoms with Gasteiger partial charge in [0.15, 0.2) is 5.17 Å². The summed E-state index contributed by atoms with van der Waals surface area (Å²) in [5, 5.41) is 5.20. The van der Waals surface area contributed by atoms with Gasteiger partial charge >= 0.3 is 0 Å². The smallest absolute Gasteiger partial charge is 0.156 e. The van der Waals surface area contributed by atoms with Crippen molar-refractivity contribution >= 4 is 16.9 Å². The Kier molecular flexibility index (Phi) is 7.84. The van der Waals surface area contributed by atoms with Crippen LogP contribution >= 0.6 is 11.8 Å². The summed E-state index contributed by atoms with van der Waals surface area (Å²) in [6.07, 6.45) is 4.67. The van der Waals surface area contributed by atoms with E-state index in [2.05, 4.69) is 38.0 Å². The van der Waals surface area contributed by atoms with Crippen LogP contribution in [-0.2, 0) is 4.74 Å². The zero-order chi connectivity index (χ0) is 14.1. The van der Waals surface area contributed by atoms with Crippen molar-refractivity contribution in [2.45, 2.75) is 58.6 Å². The Labute approximate surface area is 123 Å². The maximum absolute atomic E-state index is 5.54. The van der Waals surface area contributed by atoms with Gasteiger partial charge in [0.2, 0.25) is 0 Å². The summed E-state index contributed by atoms with van der Waals surface area (Å²) in [5.74, 6) is 0. The zero-order valence-electron chi connectivity index (χ0n) is 13.0. The summed E-state index contributed by atoms with van der Waals surface area (Å²) in [6, 6.07) is 0. The summed E-state index contributed by atoms with van der Waals surface area (Å²) >= 11 is 1.91. The summed E-state index contributed by atoms with van der Waals surface area (Å²) < 4.78 is 5.54. The number of unbranched alkanes of at least 4 members (excludes halogenated alkanes) is 1. The lowest BCUT2D eigenvalue weighted by molar-refractivity contribution is 0.129. The van der Waals surface area contributed by atoms with Crippen LogP contribution in [0.25, 0.3) is 0 Å². The minimum atomic E-state index is 0.399. The van der Waals surface area contributed by atoms with Crippen LogP contribution in [0.1, 0.15) is 53.4 Å². The number of amidine groups is 1. The number of hydrogen-bond donors (Lipinski definition) is 1. The summed E-state index contributed by atoms with van der Waals surface area (Å²) in [6.45, 7) is 12.8. The third kappa shape index (κ3) is 8.53. The largest absolute Gasteiger partial charge is 0.381 e. The molecule has 0 saturated heterocycles. The van der Waals surface area contributed by atoms with Gasteiger partial charge in [0.05, 0.1) is 6.54 Å². The highest BCUT2D eigenvalue weighted by Crippen LogP contribution is 2.31. The molecule has 1 N–H and O–H groups in total. The Balaban J connectivity index is 2.00. The molecule has 0 spiro atoms. The van der Waals surface area contributed by atoms with Gasteiger partial charge in [-0.2, -0.15) is 0 Å². The van der Waals surface area contributed by atoms with Crippen LogP contribution in [0.15, 0.2) is 4.99 Å². The quantitative estimate of drug-likeness (QED) is 0.691. The molecule has 1 rings (SSSR count). The molecule has 0 aromatic heterocycles. The van der Waals surface area contributed by atoms with E-state index in [1.54, 1.807) is 0 Å². The van der Waals surface area contributed by atoms with Gasteiger partial charge in [-0.3, -0.25) is 4.99 Å². The minimum absolute atomic E-state index is 0.399. The summed E-state index contributed by atoms with van der Waals surface area (Å²) in [7, 11) is 0. The third-order valence-corrected chi connectivity index (χ3v) is 4.09. The Bertz CT molecular complexity index is 274. The molecule has 0 saturated carbocycles. The monoisotopic (exact) mass is 286 g/mol. The molecule has 0 aliphatic carbocycles. The fourth-order valence-electron chi connectivity index (χ4n) is 2.02. The fourth-order valence-corrected chi connectivity index (χ4v) is 3.40. The number of ether oxygens (including phenoxy) is 1. The van der Waals surface area contributed by atoms with Gasteiger partial charge in [0.1, 0.15) is 0 Å². The van der Waals surface area contributed by atoms with E-state index < -0.39 is 0 Å². The predicted molar refractivity (Wildman–Crippen MR) is 86.1 cm³/mol. The van der Waals surface area contributed by atoms with Gasteiger partial charge in [-0.1, -0.05) is 45.9 Å². The molecule has 0 aromatic carbocycles. The number of nitrogens with one attached hydrogen (secondary N) is 1. The second-order valence-corrected chi connectivity index (χ2v) is 7.69. The average molecular weight is 286 g/mol. The molecule has 0 bridgehead atoms.